The van der Waals surface area contributed by atoms with E-state index >= 15 is 0 Å². The maximum Gasteiger partial charge on any atom is 0.141 e. The highest BCUT2D eigenvalue weighted by Gasteiger charge is 2.18. The number of nitrogens with zero attached hydrogens (tertiary/aromatic N) is 2. The molecule has 4 aromatic rings. The number of aromatic nitrogens is 2. The van der Waals surface area contributed by atoms with E-state index in [0.717, 1.165) is 17.8 Å². The molecule has 26 heavy (non-hydrogen) atoms. The van der Waals surface area contributed by atoms with Gasteiger partial charge in [-0.15, -0.1) is 0 Å². The summed E-state index contributed by atoms with van der Waals surface area (Å²) >= 11 is 0. The summed E-state index contributed by atoms with van der Waals surface area (Å²) in [4.78, 5) is 4.99. The molecular formula is C24H20N2. The minimum atomic E-state index is 0.302. The van der Waals surface area contributed by atoms with Crippen LogP contribution < -0.4 is 0 Å². The van der Waals surface area contributed by atoms with Gasteiger partial charge in [0.15, 0.2) is 0 Å². The molecule has 1 unspecified atom stereocenters. The van der Waals surface area contributed by atoms with Gasteiger partial charge in [0.05, 0.1) is 17.1 Å². The lowest BCUT2D eigenvalue weighted by Gasteiger charge is -2.19. The largest absolute Gasteiger partial charge is 0.317 e. The Hall–Kier alpha value is -3.13. The second-order valence-corrected chi connectivity index (χ2v) is 6.98. The molecule has 0 bridgehead atoms. The highest BCUT2D eigenvalue weighted by Crippen LogP contribution is 2.33. The van der Waals surface area contributed by atoms with Crippen LogP contribution in [-0.4, -0.2) is 9.55 Å². The highest BCUT2D eigenvalue weighted by molar-refractivity contribution is 5.89. The van der Waals surface area contributed by atoms with E-state index in [1.807, 2.05) is 0 Å². The van der Waals surface area contributed by atoms with Gasteiger partial charge in [0.25, 0.3) is 0 Å². The number of imidazole rings is 1. The maximum atomic E-state index is 4.99. The molecule has 0 amide bonds. The third kappa shape index (κ3) is 2.46. The Kier molecular flexibility index (Phi) is 3.49. The Balaban J connectivity index is 1.74. The average molecular weight is 336 g/mol. The monoisotopic (exact) mass is 336 g/mol. The van der Waals surface area contributed by atoms with Gasteiger partial charge in [-0.25, -0.2) is 4.98 Å². The van der Waals surface area contributed by atoms with Gasteiger partial charge in [-0.05, 0) is 42.3 Å². The Morgan fingerprint density at radius 3 is 2.65 bits per heavy atom. The first kappa shape index (κ1) is 15.2. The van der Waals surface area contributed by atoms with Crippen molar-refractivity contribution < 1.29 is 0 Å². The molecule has 0 fully saturated rings. The van der Waals surface area contributed by atoms with Crippen molar-refractivity contribution in [1.29, 1.82) is 0 Å². The number of allylic oxidation sites excluding steroid dienone is 4. The van der Waals surface area contributed by atoms with Crippen molar-refractivity contribution in [2.24, 2.45) is 0 Å². The molecule has 1 atom stereocenters. The van der Waals surface area contributed by atoms with E-state index in [4.69, 9.17) is 4.98 Å². The van der Waals surface area contributed by atoms with Crippen molar-refractivity contribution in [3.8, 4) is 11.4 Å². The number of fused-ring (bicyclic) bond motifs is 2. The Bertz CT molecular complexity index is 1180. The van der Waals surface area contributed by atoms with E-state index in [1.54, 1.807) is 0 Å². The standard InChI is InChI=1S/C24H20N2/c1-17-11-12-19-16-20(14-13-18(19)15-17)24-25-22-9-5-6-10-23(22)26(24)21-7-3-2-4-8-21/h2-7,9-16,21H,8H2,1H3. The Labute approximate surface area is 153 Å². The molecule has 1 aromatic heterocycles. The molecule has 0 spiro atoms. The summed E-state index contributed by atoms with van der Waals surface area (Å²) < 4.78 is 2.38. The van der Waals surface area contributed by atoms with Crippen LogP contribution >= 0.6 is 0 Å². The van der Waals surface area contributed by atoms with Crippen molar-refractivity contribution in [2.45, 2.75) is 19.4 Å². The van der Waals surface area contributed by atoms with E-state index in [2.05, 4.69) is 96.5 Å². The topological polar surface area (TPSA) is 17.8 Å². The lowest BCUT2D eigenvalue weighted by atomic mass is 10.0. The third-order valence-corrected chi connectivity index (χ3v) is 5.14. The zero-order chi connectivity index (χ0) is 17.5. The van der Waals surface area contributed by atoms with Gasteiger partial charge < -0.3 is 4.57 Å². The van der Waals surface area contributed by atoms with Crippen LogP contribution in [0.1, 0.15) is 18.0 Å². The summed E-state index contributed by atoms with van der Waals surface area (Å²) in [6, 6.07) is 22.0. The minimum Gasteiger partial charge on any atom is -0.317 e. The predicted molar refractivity (Wildman–Crippen MR) is 109 cm³/mol. The Morgan fingerprint density at radius 2 is 1.77 bits per heavy atom. The second kappa shape index (κ2) is 5.99. The van der Waals surface area contributed by atoms with Gasteiger partial charge in [0.2, 0.25) is 0 Å². The molecule has 3 aromatic carbocycles. The second-order valence-electron chi connectivity index (χ2n) is 6.98. The number of hydrogen-bond acceptors (Lipinski definition) is 1. The molecule has 2 nitrogen and oxygen atoms in total. The van der Waals surface area contributed by atoms with Crippen molar-refractivity contribution in [3.63, 3.8) is 0 Å². The summed E-state index contributed by atoms with van der Waals surface area (Å²) in [7, 11) is 0. The van der Waals surface area contributed by atoms with Gasteiger partial charge in [-0.2, -0.15) is 0 Å². The van der Waals surface area contributed by atoms with Crippen LogP contribution in [0.25, 0.3) is 33.2 Å². The van der Waals surface area contributed by atoms with Gasteiger partial charge >= 0.3 is 0 Å². The molecule has 1 aliphatic rings. The molecule has 0 aliphatic heterocycles. The van der Waals surface area contributed by atoms with Crippen molar-refractivity contribution in [3.05, 3.63) is 90.5 Å². The van der Waals surface area contributed by atoms with E-state index in [1.165, 1.54) is 27.4 Å². The van der Waals surface area contributed by atoms with Crippen molar-refractivity contribution in [1.82, 2.24) is 9.55 Å². The van der Waals surface area contributed by atoms with Crippen LogP contribution in [-0.2, 0) is 0 Å². The predicted octanol–water partition coefficient (Wildman–Crippen LogP) is 6.22. The number of benzene rings is 3. The third-order valence-electron chi connectivity index (χ3n) is 5.14. The fraction of sp³-hybridized carbons (Fsp3) is 0.125. The number of para-hydroxylation sites is 2. The molecular weight excluding hydrogens is 316 g/mol. The fourth-order valence-electron chi connectivity index (χ4n) is 3.85. The van der Waals surface area contributed by atoms with E-state index in [-0.39, 0.29) is 0 Å². The van der Waals surface area contributed by atoms with Crippen LogP contribution in [0.2, 0.25) is 0 Å². The van der Waals surface area contributed by atoms with E-state index in [0.29, 0.717) is 6.04 Å². The molecule has 0 saturated carbocycles. The first-order valence-corrected chi connectivity index (χ1v) is 9.11. The molecule has 0 saturated heterocycles. The zero-order valence-corrected chi connectivity index (χ0v) is 14.8. The quantitative estimate of drug-likeness (QED) is 0.425. The first-order valence-electron chi connectivity index (χ1n) is 9.11. The molecule has 1 aliphatic carbocycles. The van der Waals surface area contributed by atoms with Gasteiger partial charge in [0, 0.05) is 5.56 Å². The van der Waals surface area contributed by atoms with E-state index < -0.39 is 0 Å². The molecule has 5 rings (SSSR count). The molecule has 0 N–H and O–H groups in total. The van der Waals surface area contributed by atoms with Gasteiger partial charge in [-0.1, -0.05) is 72.3 Å². The van der Waals surface area contributed by atoms with E-state index in [9.17, 15) is 0 Å². The first-order chi connectivity index (χ1) is 12.8. The molecule has 126 valence electrons. The van der Waals surface area contributed by atoms with Crippen LogP contribution in [0.5, 0.6) is 0 Å². The lowest BCUT2D eigenvalue weighted by molar-refractivity contribution is 0.631. The van der Waals surface area contributed by atoms with Gasteiger partial charge in [0.1, 0.15) is 5.82 Å². The van der Waals surface area contributed by atoms with Gasteiger partial charge in [-0.3, -0.25) is 0 Å². The average Bonchev–Trinajstić information content (AvgIpc) is 3.08. The summed E-state index contributed by atoms with van der Waals surface area (Å²) in [6.07, 6.45) is 9.74. The zero-order valence-electron chi connectivity index (χ0n) is 14.8. The number of aryl methyl sites for hydroxylation is 1. The van der Waals surface area contributed by atoms with Crippen LogP contribution in [0.3, 0.4) is 0 Å². The SMILES string of the molecule is Cc1ccc2cc(-c3nc4ccccc4n3C3C=CC=CC3)ccc2c1. The van der Waals surface area contributed by atoms with Crippen LogP contribution in [0.15, 0.2) is 85.0 Å². The summed E-state index contributed by atoms with van der Waals surface area (Å²) in [5.74, 6) is 1.04. The number of rotatable bonds is 2. The maximum absolute atomic E-state index is 4.99. The minimum absolute atomic E-state index is 0.302. The summed E-state index contributed by atoms with van der Waals surface area (Å²) in [6.45, 7) is 2.13. The Morgan fingerprint density at radius 1 is 0.923 bits per heavy atom. The normalized spacial score (nSPS) is 16.6. The summed E-state index contributed by atoms with van der Waals surface area (Å²) in [5, 5.41) is 2.53. The van der Waals surface area contributed by atoms with Crippen LogP contribution in [0, 0.1) is 6.92 Å². The van der Waals surface area contributed by atoms with Crippen molar-refractivity contribution >= 4 is 21.8 Å². The smallest absolute Gasteiger partial charge is 0.141 e. The van der Waals surface area contributed by atoms with Crippen molar-refractivity contribution in [2.75, 3.05) is 0 Å². The molecule has 1 heterocycles. The number of hydrogen-bond donors (Lipinski definition) is 0. The molecule has 2 heteroatoms. The highest BCUT2D eigenvalue weighted by atomic mass is 15.1. The molecule has 0 radical (unpaired) electrons. The van der Waals surface area contributed by atoms with Crippen LogP contribution in [0.4, 0.5) is 0 Å². The lowest BCUT2D eigenvalue weighted by Crippen LogP contribution is -2.08. The fourth-order valence-corrected chi connectivity index (χ4v) is 3.85. The summed E-state index contributed by atoms with van der Waals surface area (Å²) in [5.41, 5.74) is 4.70.